The number of hydrogen-bond donors (Lipinski definition) is 1. The van der Waals surface area contributed by atoms with Crippen LogP contribution in [0.5, 0.6) is 0 Å². The predicted molar refractivity (Wildman–Crippen MR) is 55.9 cm³/mol. The van der Waals surface area contributed by atoms with E-state index in [-0.39, 0.29) is 0 Å². The van der Waals surface area contributed by atoms with Crippen LogP contribution in [0, 0.1) is 12.8 Å². The minimum Gasteiger partial charge on any atom is -0.307 e. The lowest BCUT2D eigenvalue weighted by Crippen LogP contribution is -2.06. The van der Waals surface area contributed by atoms with Gasteiger partial charge in [-0.05, 0) is 19.3 Å². The molecule has 0 saturated heterocycles. The molecule has 3 heteroatoms. The zero-order valence-electron chi connectivity index (χ0n) is 9.09. The van der Waals surface area contributed by atoms with Crippen molar-refractivity contribution in [1.82, 2.24) is 15.3 Å². The molecule has 0 atom stereocenters. The van der Waals surface area contributed by atoms with E-state index in [1.807, 2.05) is 6.92 Å². The molecule has 1 aliphatic rings. The molecule has 1 aliphatic heterocycles. The molecule has 0 unspecified atom stereocenters. The van der Waals surface area contributed by atoms with E-state index < -0.39 is 0 Å². The minimum absolute atomic E-state index is 0.661. The Kier molecular flexibility index (Phi) is 2.50. The Morgan fingerprint density at radius 3 is 2.79 bits per heavy atom. The van der Waals surface area contributed by atoms with Crippen LogP contribution in [0.3, 0.4) is 0 Å². The molecule has 0 amide bonds. The first kappa shape index (κ1) is 9.59. The molecule has 1 aromatic heterocycles. The summed E-state index contributed by atoms with van der Waals surface area (Å²) in [6.07, 6.45) is 1.06. The third kappa shape index (κ3) is 1.77. The van der Waals surface area contributed by atoms with Gasteiger partial charge in [-0.3, -0.25) is 0 Å². The van der Waals surface area contributed by atoms with Gasteiger partial charge in [-0.1, -0.05) is 13.8 Å². The third-order valence-corrected chi connectivity index (χ3v) is 2.49. The first-order valence-electron chi connectivity index (χ1n) is 5.23. The molecule has 2 rings (SSSR count). The van der Waals surface area contributed by atoms with Gasteiger partial charge in [0.2, 0.25) is 0 Å². The summed E-state index contributed by atoms with van der Waals surface area (Å²) in [6.45, 7) is 8.28. The largest absolute Gasteiger partial charge is 0.307 e. The first-order chi connectivity index (χ1) is 6.66. The highest BCUT2D eigenvalue weighted by Crippen LogP contribution is 2.19. The standard InChI is InChI=1S/C11H17N3/c1-7(2)4-10-9-5-12-6-11(9)14-8(3)13-10/h7,12H,4-6H2,1-3H3. The van der Waals surface area contributed by atoms with Crippen LogP contribution in [0.1, 0.15) is 36.6 Å². The van der Waals surface area contributed by atoms with Crippen molar-refractivity contribution in [3.8, 4) is 0 Å². The maximum Gasteiger partial charge on any atom is 0.125 e. The van der Waals surface area contributed by atoms with Crippen molar-refractivity contribution in [2.24, 2.45) is 5.92 Å². The summed E-state index contributed by atoms with van der Waals surface area (Å²) >= 11 is 0. The molecule has 0 aromatic carbocycles. The molecule has 1 aromatic rings. The Labute approximate surface area is 85.0 Å². The van der Waals surface area contributed by atoms with Gasteiger partial charge in [0.25, 0.3) is 0 Å². The molecular weight excluding hydrogens is 174 g/mol. The molecule has 0 bridgehead atoms. The van der Waals surface area contributed by atoms with E-state index in [4.69, 9.17) is 0 Å². The van der Waals surface area contributed by atoms with Gasteiger partial charge in [-0.15, -0.1) is 0 Å². The Morgan fingerprint density at radius 1 is 1.29 bits per heavy atom. The fraction of sp³-hybridized carbons (Fsp3) is 0.636. The summed E-state index contributed by atoms with van der Waals surface area (Å²) in [4.78, 5) is 8.98. The summed E-state index contributed by atoms with van der Waals surface area (Å²) in [5.41, 5.74) is 3.78. The minimum atomic E-state index is 0.661. The Hall–Kier alpha value is -0.960. The predicted octanol–water partition coefficient (Wildman–Crippen LogP) is 1.59. The van der Waals surface area contributed by atoms with Crippen LogP contribution in [-0.4, -0.2) is 9.97 Å². The van der Waals surface area contributed by atoms with E-state index in [2.05, 4.69) is 29.1 Å². The van der Waals surface area contributed by atoms with Crippen LogP contribution in [0.4, 0.5) is 0 Å². The van der Waals surface area contributed by atoms with Crippen molar-refractivity contribution >= 4 is 0 Å². The van der Waals surface area contributed by atoms with E-state index in [0.29, 0.717) is 5.92 Å². The summed E-state index contributed by atoms with van der Waals surface area (Å²) in [6, 6.07) is 0. The molecule has 0 fully saturated rings. The second kappa shape index (κ2) is 3.65. The van der Waals surface area contributed by atoms with Gasteiger partial charge in [0.1, 0.15) is 5.82 Å². The van der Waals surface area contributed by atoms with E-state index in [1.54, 1.807) is 0 Å². The van der Waals surface area contributed by atoms with Gasteiger partial charge in [-0.2, -0.15) is 0 Å². The van der Waals surface area contributed by atoms with Crippen molar-refractivity contribution in [1.29, 1.82) is 0 Å². The smallest absolute Gasteiger partial charge is 0.125 e. The number of aryl methyl sites for hydroxylation is 1. The lowest BCUT2D eigenvalue weighted by Gasteiger charge is -2.09. The van der Waals surface area contributed by atoms with Gasteiger partial charge in [-0.25, -0.2) is 9.97 Å². The van der Waals surface area contributed by atoms with E-state index in [9.17, 15) is 0 Å². The second-order valence-electron chi connectivity index (χ2n) is 4.34. The van der Waals surface area contributed by atoms with Crippen molar-refractivity contribution < 1.29 is 0 Å². The van der Waals surface area contributed by atoms with Crippen LogP contribution in [0.15, 0.2) is 0 Å². The van der Waals surface area contributed by atoms with Gasteiger partial charge in [0, 0.05) is 24.3 Å². The second-order valence-corrected chi connectivity index (χ2v) is 4.34. The molecule has 14 heavy (non-hydrogen) atoms. The normalized spacial score (nSPS) is 14.9. The first-order valence-corrected chi connectivity index (χ1v) is 5.23. The maximum absolute atomic E-state index is 4.53. The molecule has 76 valence electrons. The summed E-state index contributed by atoms with van der Waals surface area (Å²) < 4.78 is 0. The third-order valence-electron chi connectivity index (χ3n) is 2.49. The SMILES string of the molecule is Cc1nc2c(c(CC(C)C)n1)CNC2. The number of nitrogens with one attached hydrogen (secondary N) is 1. The van der Waals surface area contributed by atoms with Crippen molar-refractivity contribution in [2.75, 3.05) is 0 Å². The number of rotatable bonds is 2. The number of hydrogen-bond acceptors (Lipinski definition) is 3. The van der Waals surface area contributed by atoms with Crippen LogP contribution in [-0.2, 0) is 19.5 Å². The highest BCUT2D eigenvalue weighted by molar-refractivity contribution is 5.29. The quantitative estimate of drug-likeness (QED) is 0.771. The van der Waals surface area contributed by atoms with Gasteiger partial charge >= 0.3 is 0 Å². The average Bonchev–Trinajstić information content (AvgIpc) is 2.50. The Morgan fingerprint density at radius 2 is 2.07 bits per heavy atom. The lowest BCUT2D eigenvalue weighted by atomic mass is 10.0. The summed E-state index contributed by atoms with van der Waals surface area (Å²) in [5.74, 6) is 1.57. The fourth-order valence-electron chi connectivity index (χ4n) is 1.93. The topological polar surface area (TPSA) is 37.8 Å². The molecule has 3 nitrogen and oxygen atoms in total. The van der Waals surface area contributed by atoms with Gasteiger partial charge in [0.05, 0.1) is 5.69 Å². The number of aromatic nitrogens is 2. The average molecular weight is 191 g/mol. The Bertz CT molecular complexity index is 345. The molecule has 0 saturated carbocycles. The van der Waals surface area contributed by atoms with Crippen molar-refractivity contribution in [3.63, 3.8) is 0 Å². The molecule has 1 N–H and O–H groups in total. The van der Waals surface area contributed by atoms with Crippen molar-refractivity contribution in [3.05, 3.63) is 22.8 Å². The van der Waals surface area contributed by atoms with E-state index in [1.165, 1.54) is 17.0 Å². The summed E-state index contributed by atoms with van der Waals surface area (Å²) in [7, 11) is 0. The van der Waals surface area contributed by atoms with Crippen LogP contribution in [0.25, 0.3) is 0 Å². The van der Waals surface area contributed by atoms with Gasteiger partial charge in [0.15, 0.2) is 0 Å². The zero-order valence-corrected chi connectivity index (χ0v) is 9.09. The zero-order chi connectivity index (χ0) is 10.1. The summed E-state index contributed by atoms with van der Waals surface area (Å²) in [5, 5.41) is 3.33. The molecule has 0 aliphatic carbocycles. The lowest BCUT2D eigenvalue weighted by molar-refractivity contribution is 0.625. The number of nitrogens with zero attached hydrogens (tertiary/aromatic N) is 2. The van der Waals surface area contributed by atoms with Crippen LogP contribution >= 0.6 is 0 Å². The van der Waals surface area contributed by atoms with Crippen LogP contribution in [0.2, 0.25) is 0 Å². The fourth-order valence-corrected chi connectivity index (χ4v) is 1.93. The van der Waals surface area contributed by atoms with E-state index >= 15 is 0 Å². The monoisotopic (exact) mass is 191 g/mol. The molecule has 0 spiro atoms. The highest BCUT2D eigenvalue weighted by Gasteiger charge is 2.17. The van der Waals surface area contributed by atoms with Crippen molar-refractivity contribution in [2.45, 2.75) is 40.3 Å². The highest BCUT2D eigenvalue weighted by atomic mass is 15.0. The Balaban J connectivity index is 2.38. The van der Waals surface area contributed by atoms with Crippen LogP contribution < -0.4 is 5.32 Å². The maximum atomic E-state index is 4.53. The molecular formula is C11H17N3. The molecule has 0 radical (unpaired) electrons. The number of fused-ring (bicyclic) bond motifs is 1. The van der Waals surface area contributed by atoms with Gasteiger partial charge < -0.3 is 5.32 Å². The van der Waals surface area contributed by atoms with E-state index in [0.717, 1.165) is 25.3 Å². The molecule has 2 heterocycles.